The van der Waals surface area contributed by atoms with Crippen molar-refractivity contribution in [3.8, 4) is 0 Å². The van der Waals surface area contributed by atoms with E-state index >= 15 is 0 Å². The van der Waals surface area contributed by atoms with Crippen molar-refractivity contribution in [2.75, 3.05) is 5.32 Å². The van der Waals surface area contributed by atoms with Crippen LogP contribution in [0.5, 0.6) is 0 Å². The maximum Gasteiger partial charge on any atom is 0.313 e. The minimum Gasteiger partial charge on any atom is -0.458 e. The summed E-state index contributed by atoms with van der Waals surface area (Å²) >= 11 is 0. The van der Waals surface area contributed by atoms with E-state index in [0.717, 1.165) is 5.56 Å². The number of aryl methyl sites for hydroxylation is 1. The summed E-state index contributed by atoms with van der Waals surface area (Å²) < 4.78 is 18.3. The molecular weight excluding hydrogens is 403 g/mol. The largest absolute Gasteiger partial charge is 0.458 e. The van der Waals surface area contributed by atoms with Crippen molar-refractivity contribution in [1.29, 1.82) is 0 Å². The van der Waals surface area contributed by atoms with Crippen LogP contribution in [0.4, 0.5) is 10.1 Å². The van der Waals surface area contributed by atoms with Gasteiger partial charge in [0, 0.05) is 11.3 Å². The first-order valence-electron chi connectivity index (χ1n) is 9.24. The van der Waals surface area contributed by atoms with E-state index in [1.54, 1.807) is 24.3 Å². The maximum atomic E-state index is 12.9. The van der Waals surface area contributed by atoms with Gasteiger partial charge in [-0.25, -0.2) is 9.82 Å². The molecule has 158 valence electrons. The third kappa shape index (κ3) is 6.36. The molecule has 0 atom stereocenters. The van der Waals surface area contributed by atoms with Crippen LogP contribution in [-0.2, 0) is 16.1 Å². The minimum atomic E-state index is -0.807. The van der Waals surface area contributed by atoms with Gasteiger partial charge < -0.3 is 15.1 Å². The zero-order chi connectivity index (χ0) is 22.2. The second-order valence-electron chi connectivity index (χ2n) is 6.51. The number of amides is 3. The highest BCUT2D eigenvalue weighted by atomic mass is 19.1. The summed E-state index contributed by atoms with van der Waals surface area (Å²) in [7, 11) is 0. The molecule has 3 rings (SSSR count). The minimum absolute atomic E-state index is 0.00404. The summed E-state index contributed by atoms with van der Waals surface area (Å²) in [5.41, 5.74) is 4.10. The number of anilines is 1. The lowest BCUT2D eigenvalue weighted by atomic mass is 10.2. The Hall–Kier alpha value is -4.27. The van der Waals surface area contributed by atoms with Crippen molar-refractivity contribution < 1.29 is 23.2 Å². The van der Waals surface area contributed by atoms with Crippen LogP contribution in [0.3, 0.4) is 0 Å². The smallest absolute Gasteiger partial charge is 0.313 e. The van der Waals surface area contributed by atoms with E-state index in [1.165, 1.54) is 30.5 Å². The number of carbonyl (C=O) groups is 3. The number of benzene rings is 2. The second-order valence-corrected chi connectivity index (χ2v) is 6.51. The lowest BCUT2D eigenvalue weighted by molar-refractivity contribution is -0.136. The molecule has 0 aliphatic rings. The van der Waals surface area contributed by atoms with Crippen molar-refractivity contribution in [1.82, 2.24) is 10.7 Å². The Morgan fingerprint density at radius 3 is 2.39 bits per heavy atom. The van der Waals surface area contributed by atoms with Crippen LogP contribution >= 0.6 is 0 Å². The molecule has 0 radical (unpaired) electrons. The molecule has 0 bridgehead atoms. The van der Waals surface area contributed by atoms with Gasteiger partial charge in [-0.1, -0.05) is 17.7 Å². The average Bonchev–Trinajstić information content (AvgIpc) is 3.21. The number of nitrogens with zero attached hydrogens (tertiary/aromatic N) is 1. The highest BCUT2D eigenvalue weighted by molar-refractivity contribution is 6.39. The van der Waals surface area contributed by atoms with Crippen molar-refractivity contribution >= 4 is 29.6 Å². The molecule has 3 N–H and O–H groups in total. The van der Waals surface area contributed by atoms with Gasteiger partial charge in [-0.3, -0.25) is 14.4 Å². The molecule has 0 saturated heterocycles. The molecule has 31 heavy (non-hydrogen) atoms. The number of hydrogen-bond donors (Lipinski definition) is 3. The predicted octanol–water partition coefficient (Wildman–Crippen LogP) is 2.75. The highest BCUT2D eigenvalue weighted by Crippen LogP contribution is 2.09. The van der Waals surface area contributed by atoms with E-state index in [9.17, 15) is 18.8 Å². The van der Waals surface area contributed by atoms with Crippen LogP contribution < -0.4 is 16.1 Å². The van der Waals surface area contributed by atoms with Crippen molar-refractivity contribution in [3.05, 3.63) is 89.1 Å². The van der Waals surface area contributed by atoms with Gasteiger partial charge in [-0.05, 0) is 55.5 Å². The first-order valence-corrected chi connectivity index (χ1v) is 9.24. The van der Waals surface area contributed by atoms with Gasteiger partial charge in [0.1, 0.15) is 17.3 Å². The first-order chi connectivity index (χ1) is 14.9. The number of carbonyl (C=O) groups excluding carboxylic acids is 3. The van der Waals surface area contributed by atoms with Crippen LogP contribution in [0, 0.1) is 12.7 Å². The van der Waals surface area contributed by atoms with E-state index in [4.69, 9.17) is 4.42 Å². The van der Waals surface area contributed by atoms with E-state index in [1.807, 2.05) is 19.1 Å². The molecule has 0 saturated carbocycles. The molecular formula is C22H19FN4O4. The number of nitrogens with one attached hydrogen (secondary N) is 3. The van der Waals surface area contributed by atoms with Crippen molar-refractivity contribution in [2.45, 2.75) is 13.5 Å². The van der Waals surface area contributed by atoms with Crippen LogP contribution in [0.15, 0.2) is 70.2 Å². The molecule has 0 fully saturated rings. The number of furan rings is 1. The van der Waals surface area contributed by atoms with Gasteiger partial charge in [0.25, 0.3) is 5.91 Å². The summed E-state index contributed by atoms with van der Waals surface area (Å²) in [4.78, 5) is 35.7. The summed E-state index contributed by atoms with van der Waals surface area (Å²) in [5.74, 6) is -1.83. The Kier molecular flexibility index (Phi) is 6.89. The summed E-state index contributed by atoms with van der Waals surface area (Å²) in [6.07, 6.45) is 1.27. The molecule has 0 aliphatic carbocycles. The number of rotatable bonds is 6. The van der Waals surface area contributed by atoms with E-state index < -0.39 is 23.5 Å². The number of hydrazone groups is 1. The van der Waals surface area contributed by atoms with Crippen molar-refractivity contribution in [2.24, 2.45) is 5.10 Å². The van der Waals surface area contributed by atoms with Crippen LogP contribution in [0.2, 0.25) is 0 Å². The summed E-state index contributed by atoms with van der Waals surface area (Å²) in [6, 6.07) is 15.2. The molecule has 9 heteroatoms. The zero-order valence-corrected chi connectivity index (χ0v) is 16.5. The summed E-state index contributed by atoms with van der Waals surface area (Å²) in [6.45, 7) is 1.91. The van der Waals surface area contributed by atoms with E-state index in [2.05, 4.69) is 21.2 Å². The topological polar surface area (TPSA) is 113 Å². The lowest BCUT2D eigenvalue weighted by Crippen LogP contribution is -2.34. The van der Waals surface area contributed by atoms with Gasteiger partial charge in [-0.15, -0.1) is 0 Å². The third-order valence-corrected chi connectivity index (χ3v) is 4.09. The molecule has 8 nitrogen and oxygen atoms in total. The SMILES string of the molecule is Cc1ccc(NC(=O)C(=O)NCc2ccc(/C=N\NC(=O)c3ccc(F)cc3)o2)cc1. The molecule has 0 aliphatic heterocycles. The van der Waals surface area contributed by atoms with Gasteiger partial charge in [-0.2, -0.15) is 5.10 Å². The van der Waals surface area contributed by atoms with Gasteiger partial charge in [0.2, 0.25) is 0 Å². The Morgan fingerprint density at radius 1 is 0.968 bits per heavy atom. The van der Waals surface area contributed by atoms with E-state index in [0.29, 0.717) is 17.2 Å². The fourth-order valence-corrected chi connectivity index (χ4v) is 2.45. The number of hydrogen-bond acceptors (Lipinski definition) is 5. The Labute approximate surface area is 177 Å². The maximum absolute atomic E-state index is 12.9. The first kappa shape index (κ1) is 21.4. The quantitative estimate of drug-likeness (QED) is 0.322. The molecule has 1 heterocycles. The average molecular weight is 422 g/mol. The van der Waals surface area contributed by atoms with Crippen LogP contribution in [-0.4, -0.2) is 23.9 Å². The van der Waals surface area contributed by atoms with Crippen molar-refractivity contribution in [3.63, 3.8) is 0 Å². The lowest BCUT2D eigenvalue weighted by Gasteiger charge is -2.05. The molecule has 3 aromatic rings. The fourth-order valence-electron chi connectivity index (χ4n) is 2.45. The van der Waals surface area contributed by atoms with Crippen LogP contribution in [0.25, 0.3) is 0 Å². The third-order valence-electron chi connectivity index (χ3n) is 4.09. The number of halogens is 1. The Bertz CT molecular complexity index is 1110. The summed E-state index contributed by atoms with van der Waals surface area (Å²) in [5, 5.41) is 8.72. The van der Waals surface area contributed by atoms with Gasteiger partial charge >= 0.3 is 11.8 Å². The van der Waals surface area contributed by atoms with Crippen LogP contribution in [0.1, 0.15) is 27.4 Å². The fraction of sp³-hybridized carbons (Fsp3) is 0.0909. The standard InChI is InChI=1S/C22H19FN4O4/c1-14-2-8-17(9-3-14)26-22(30)21(29)24-12-18-10-11-19(31-18)13-25-27-20(28)15-4-6-16(23)7-5-15/h2-11,13H,12H2,1H3,(H,24,29)(H,26,30)(H,27,28)/b25-13-. The Morgan fingerprint density at radius 2 is 1.68 bits per heavy atom. The highest BCUT2D eigenvalue weighted by Gasteiger charge is 2.14. The molecule has 1 aromatic heterocycles. The molecule has 3 amide bonds. The van der Waals surface area contributed by atoms with E-state index in [-0.39, 0.29) is 12.1 Å². The second kappa shape index (κ2) is 9.97. The molecule has 0 spiro atoms. The van der Waals surface area contributed by atoms with Gasteiger partial charge in [0.15, 0.2) is 0 Å². The monoisotopic (exact) mass is 422 g/mol. The predicted molar refractivity (Wildman–Crippen MR) is 112 cm³/mol. The molecule has 0 unspecified atom stereocenters. The Balaban J connectivity index is 1.45. The molecule has 2 aromatic carbocycles. The normalized spacial score (nSPS) is 10.6. The van der Waals surface area contributed by atoms with Gasteiger partial charge in [0.05, 0.1) is 12.8 Å². The zero-order valence-electron chi connectivity index (χ0n) is 16.5.